The van der Waals surface area contributed by atoms with Crippen LogP contribution in [0.4, 0.5) is 5.69 Å². The zero-order chi connectivity index (χ0) is 23.0. The minimum absolute atomic E-state index is 0.144. The fourth-order valence-electron chi connectivity index (χ4n) is 3.23. The van der Waals surface area contributed by atoms with Gasteiger partial charge in [0.05, 0.1) is 11.5 Å². The molecule has 33 heavy (non-hydrogen) atoms. The summed E-state index contributed by atoms with van der Waals surface area (Å²) in [5, 5.41) is 5.49. The van der Waals surface area contributed by atoms with Crippen molar-refractivity contribution in [3.05, 3.63) is 108 Å². The van der Waals surface area contributed by atoms with E-state index < -0.39 is 5.92 Å². The smallest absolute Gasteiger partial charge is 0.321 e. The van der Waals surface area contributed by atoms with Gasteiger partial charge in [0, 0.05) is 37.5 Å². The Labute approximate surface area is 190 Å². The van der Waals surface area contributed by atoms with E-state index in [9.17, 15) is 9.59 Å². The number of benzene rings is 2. The van der Waals surface area contributed by atoms with E-state index in [2.05, 4.69) is 25.6 Å². The molecule has 8 nitrogen and oxygen atoms in total. The van der Waals surface area contributed by atoms with Crippen molar-refractivity contribution in [3.8, 4) is 11.8 Å². The summed E-state index contributed by atoms with van der Waals surface area (Å²) >= 11 is 0. The highest BCUT2D eigenvalue weighted by Crippen LogP contribution is 2.26. The molecule has 0 fully saturated rings. The van der Waals surface area contributed by atoms with Gasteiger partial charge in [-0.2, -0.15) is 0 Å². The summed E-state index contributed by atoms with van der Waals surface area (Å²) in [6.07, 6.45) is 6.13. The average Bonchev–Trinajstić information content (AvgIpc) is 2.87. The van der Waals surface area contributed by atoms with E-state index in [4.69, 9.17) is 4.74 Å². The summed E-state index contributed by atoms with van der Waals surface area (Å²) in [4.78, 5) is 37.3. The Balaban J connectivity index is 1.44. The van der Waals surface area contributed by atoms with Crippen molar-refractivity contribution in [1.82, 2.24) is 20.3 Å². The summed E-state index contributed by atoms with van der Waals surface area (Å²) < 4.78 is 5.54. The highest BCUT2D eigenvalue weighted by atomic mass is 16.5. The molecule has 0 aliphatic rings. The first kappa shape index (κ1) is 21.6. The van der Waals surface area contributed by atoms with E-state index in [1.165, 1.54) is 12.4 Å². The molecule has 2 amide bonds. The van der Waals surface area contributed by atoms with Gasteiger partial charge in [0.1, 0.15) is 5.75 Å². The van der Waals surface area contributed by atoms with Crippen LogP contribution in [0.25, 0.3) is 0 Å². The highest BCUT2D eigenvalue weighted by molar-refractivity contribution is 6.03. The molecule has 0 saturated carbocycles. The molecule has 0 saturated heterocycles. The van der Waals surface area contributed by atoms with Crippen LogP contribution in [0, 0.1) is 0 Å². The second-order valence-electron chi connectivity index (χ2n) is 7.08. The first-order valence-corrected chi connectivity index (χ1v) is 10.2. The Bertz CT molecular complexity index is 1210. The summed E-state index contributed by atoms with van der Waals surface area (Å²) in [6, 6.07) is 20.0. The van der Waals surface area contributed by atoms with E-state index in [0.717, 1.165) is 11.1 Å². The molecule has 2 aromatic carbocycles. The number of para-hydroxylation sites is 1. The zero-order valence-corrected chi connectivity index (χ0v) is 17.8. The van der Waals surface area contributed by atoms with E-state index in [1.807, 2.05) is 24.3 Å². The van der Waals surface area contributed by atoms with Gasteiger partial charge in [-0.3, -0.25) is 14.6 Å². The standard InChI is InChI=1S/C25H21N5O3/c1-26-24(32)22(18-6-5-13-27-14-18)17-9-11-20(12-10-17)30-23(31)19-15-28-25(29-16-19)33-21-7-3-2-4-8-21/h2-16,22H,1H3,(H,26,32)(H,30,31). The molecule has 4 rings (SSSR count). The molecule has 4 aromatic rings. The van der Waals surface area contributed by atoms with Crippen LogP contribution >= 0.6 is 0 Å². The third-order valence-corrected chi connectivity index (χ3v) is 4.87. The van der Waals surface area contributed by atoms with Crippen LogP contribution in [0.2, 0.25) is 0 Å². The number of pyridine rings is 1. The minimum atomic E-state index is -0.501. The Hall–Kier alpha value is -4.59. The second-order valence-corrected chi connectivity index (χ2v) is 7.08. The van der Waals surface area contributed by atoms with Crippen molar-refractivity contribution in [3.63, 3.8) is 0 Å². The Morgan fingerprint density at radius 2 is 1.58 bits per heavy atom. The molecule has 0 aliphatic carbocycles. The fraction of sp³-hybridized carbons (Fsp3) is 0.0800. The first-order chi connectivity index (χ1) is 16.1. The van der Waals surface area contributed by atoms with Gasteiger partial charge in [0.25, 0.3) is 5.91 Å². The van der Waals surface area contributed by atoms with Gasteiger partial charge in [0.2, 0.25) is 5.91 Å². The molecule has 2 aromatic heterocycles. The second kappa shape index (κ2) is 10.1. The van der Waals surface area contributed by atoms with Crippen molar-refractivity contribution in [2.75, 3.05) is 12.4 Å². The normalized spacial score (nSPS) is 11.3. The number of carbonyl (C=O) groups excluding carboxylic acids is 2. The van der Waals surface area contributed by atoms with Crippen molar-refractivity contribution in [2.45, 2.75) is 5.92 Å². The van der Waals surface area contributed by atoms with Gasteiger partial charge in [-0.1, -0.05) is 36.4 Å². The lowest BCUT2D eigenvalue weighted by Crippen LogP contribution is -2.26. The Kier molecular flexibility index (Phi) is 6.65. The summed E-state index contributed by atoms with van der Waals surface area (Å²) in [7, 11) is 1.60. The number of likely N-dealkylation sites (N-methyl/N-ethyl adjacent to an activating group) is 1. The highest BCUT2D eigenvalue weighted by Gasteiger charge is 2.22. The molecular formula is C25H21N5O3. The number of rotatable bonds is 7. The lowest BCUT2D eigenvalue weighted by Gasteiger charge is -2.16. The quantitative estimate of drug-likeness (QED) is 0.454. The van der Waals surface area contributed by atoms with Crippen LogP contribution in [-0.4, -0.2) is 33.8 Å². The minimum Gasteiger partial charge on any atom is -0.424 e. The fourth-order valence-corrected chi connectivity index (χ4v) is 3.23. The third-order valence-electron chi connectivity index (χ3n) is 4.87. The summed E-state index contributed by atoms with van der Waals surface area (Å²) in [6.45, 7) is 0. The van der Waals surface area contributed by atoms with Crippen molar-refractivity contribution >= 4 is 17.5 Å². The van der Waals surface area contributed by atoms with Gasteiger partial charge < -0.3 is 15.4 Å². The zero-order valence-electron chi connectivity index (χ0n) is 17.8. The summed E-state index contributed by atoms with van der Waals surface area (Å²) in [5.74, 6) is -0.394. The van der Waals surface area contributed by atoms with Crippen molar-refractivity contribution in [1.29, 1.82) is 0 Å². The van der Waals surface area contributed by atoms with E-state index in [-0.39, 0.29) is 23.4 Å². The molecule has 2 heterocycles. The number of aromatic nitrogens is 3. The molecule has 0 bridgehead atoms. The number of nitrogens with one attached hydrogen (secondary N) is 2. The predicted molar refractivity (Wildman–Crippen MR) is 123 cm³/mol. The molecule has 0 spiro atoms. The number of hydrogen-bond donors (Lipinski definition) is 2. The van der Waals surface area contributed by atoms with Crippen LogP contribution < -0.4 is 15.4 Å². The van der Waals surface area contributed by atoms with Crippen LogP contribution in [0.5, 0.6) is 11.8 Å². The van der Waals surface area contributed by atoms with Gasteiger partial charge >= 0.3 is 6.01 Å². The lowest BCUT2D eigenvalue weighted by atomic mass is 9.91. The molecule has 164 valence electrons. The molecule has 2 N–H and O–H groups in total. The maximum Gasteiger partial charge on any atom is 0.321 e. The van der Waals surface area contributed by atoms with Gasteiger partial charge in [-0.15, -0.1) is 0 Å². The van der Waals surface area contributed by atoms with E-state index in [0.29, 0.717) is 11.4 Å². The number of ether oxygens (including phenoxy) is 1. The van der Waals surface area contributed by atoms with E-state index >= 15 is 0 Å². The first-order valence-electron chi connectivity index (χ1n) is 10.2. The van der Waals surface area contributed by atoms with E-state index in [1.54, 1.807) is 61.9 Å². The number of anilines is 1. The SMILES string of the molecule is CNC(=O)C(c1ccc(NC(=O)c2cnc(Oc3ccccc3)nc2)cc1)c1cccnc1. The maximum absolute atomic E-state index is 12.6. The van der Waals surface area contributed by atoms with Crippen LogP contribution in [0.1, 0.15) is 27.4 Å². The van der Waals surface area contributed by atoms with Gasteiger partial charge in [0.15, 0.2) is 0 Å². The third kappa shape index (κ3) is 5.37. The molecule has 8 heteroatoms. The van der Waals surface area contributed by atoms with Crippen LogP contribution in [-0.2, 0) is 4.79 Å². The Morgan fingerprint density at radius 3 is 2.21 bits per heavy atom. The van der Waals surface area contributed by atoms with Crippen molar-refractivity contribution in [2.24, 2.45) is 0 Å². The van der Waals surface area contributed by atoms with Gasteiger partial charge in [-0.25, -0.2) is 9.97 Å². The number of hydrogen-bond acceptors (Lipinski definition) is 6. The molecule has 0 aliphatic heterocycles. The molecule has 0 radical (unpaired) electrons. The predicted octanol–water partition coefficient (Wildman–Crippen LogP) is 3.79. The number of amides is 2. The molecule has 1 unspecified atom stereocenters. The number of carbonyl (C=O) groups is 2. The molecule has 1 atom stereocenters. The average molecular weight is 439 g/mol. The van der Waals surface area contributed by atoms with Crippen molar-refractivity contribution < 1.29 is 14.3 Å². The topological polar surface area (TPSA) is 106 Å². The Morgan fingerprint density at radius 1 is 0.848 bits per heavy atom. The maximum atomic E-state index is 12.6. The summed E-state index contributed by atoms with van der Waals surface area (Å²) in [5.41, 5.74) is 2.43. The largest absolute Gasteiger partial charge is 0.424 e. The van der Waals surface area contributed by atoms with Crippen LogP contribution in [0.15, 0.2) is 91.5 Å². The van der Waals surface area contributed by atoms with Gasteiger partial charge in [-0.05, 0) is 41.5 Å². The number of nitrogens with zero attached hydrogens (tertiary/aromatic N) is 3. The lowest BCUT2D eigenvalue weighted by molar-refractivity contribution is -0.121. The monoisotopic (exact) mass is 439 g/mol. The molecular weight excluding hydrogens is 418 g/mol. The van der Waals surface area contributed by atoms with Crippen LogP contribution in [0.3, 0.4) is 0 Å².